The molecular weight excluding hydrogens is 576 g/mol. The standard InChI is InChI=1S/C28H23ClN2O7S2/c1-16(27(34)35)38-22-12-5-18(13-23(22)36-2)14-24-26(33)31(28(39)40-24)30-25(32)19-6-10-21(11-7-19)37-15-17-3-8-20(29)9-4-17/h3-14,16H,15H2,1-2H3,(H,30,32)(H,34,35)/b24-14+. The SMILES string of the molecule is COc1cc(/C=C2/SC(=S)N(NC(=O)c3ccc(OCc4ccc(Cl)cc4)cc3)C2=O)ccc1OC(C)C(=O)O. The van der Waals surface area contributed by atoms with Gasteiger partial charge >= 0.3 is 5.97 Å². The summed E-state index contributed by atoms with van der Waals surface area (Å²) in [6.07, 6.45) is 0.517. The van der Waals surface area contributed by atoms with Gasteiger partial charge in [0.05, 0.1) is 12.0 Å². The van der Waals surface area contributed by atoms with E-state index in [0.29, 0.717) is 34.3 Å². The van der Waals surface area contributed by atoms with Crippen molar-refractivity contribution in [2.75, 3.05) is 7.11 Å². The molecule has 0 spiro atoms. The molecule has 4 rings (SSSR count). The average Bonchev–Trinajstić information content (AvgIpc) is 3.20. The van der Waals surface area contributed by atoms with Gasteiger partial charge in [-0.25, -0.2) is 4.79 Å². The van der Waals surface area contributed by atoms with Crippen molar-refractivity contribution in [1.29, 1.82) is 0 Å². The molecule has 1 aliphatic heterocycles. The Kier molecular flexibility index (Phi) is 9.30. The zero-order chi connectivity index (χ0) is 28.8. The summed E-state index contributed by atoms with van der Waals surface area (Å²) in [5.41, 5.74) is 4.40. The Morgan fingerprint density at radius 1 is 1.10 bits per heavy atom. The number of nitrogens with zero attached hydrogens (tertiary/aromatic N) is 1. The molecule has 1 unspecified atom stereocenters. The van der Waals surface area contributed by atoms with Gasteiger partial charge in [-0.15, -0.1) is 0 Å². The van der Waals surface area contributed by atoms with Gasteiger partial charge in [-0.2, -0.15) is 5.01 Å². The van der Waals surface area contributed by atoms with Crippen LogP contribution < -0.4 is 19.6 Å². The van der Waals surface area contributed by atoms with E-state index in [0.717, 1.165) is 22.3 Å². The Bertz CT molecular complexity index is 1480. The first-order valence-electron chi connectivity index (χ1n) is 11.8. The van der Waals surface area contributed by atoms with E-state index in [1.807, 2.05) is 12.1 Å². The summed E-state index contributed by atoms with van der Waals surface area (Å²) >= 11 is 12.2. The quantitative estimate of drug-likeness (QED) is 0.236. The zero-order valence-electron chi connectivity index (χ0n) is 21.3. The second kappa shape index (κ2) is 12.9. The number of nitrogens with one attached hydrogen (secondary N) is 1. The second-order valence-corrected chi connectivity index (χ2v) is 10.5. The molecule has 3 aromatic rings. The van der Waals surface area contributed by atoms with Gasteiger partial charge in [0.1, 0.15) is 12.4 Å². The Labute approximate surface area is 244 Å². The Morgan fingerprint density at radius 2 is 1.80 bits per heavy atom. The molecule has 1 atom stereocenters. The number of thiocarbonyl (C=S) groups is 1. The number of halogens is 1. The van der Waals surface area contributed by atoms with Crippen molar-refractivity contribution in [3.05, 3.63) is 93.3 Å². The number of hydrogen-bond acceptors (Lipinski definition) is 8. The lowest BCUT2D eigenvalue weighted by molar-refractivity contribution is -0.144. The normalized spacial score (nSPS) is 14.7. The van der Waals surface area contributed by atoms with E-state index >= 15 is 0 Å². The van der Waals surface area contributed by atoms with Crippen LogP contribution in [0.25, 0.3) is 6.08 Å². The number of carbonyl (C=O) groups excluding carboxylic acids is 2. The first-order chi connectivity index (χ1) is 19.1. The highest BCUT2D eigenvalue weighted by Crippen LogP contribution is 2.34. The van der Waals surface area contributed by atoms with E-state index in [1.54, 1.807) is 60.7 Å². The third kappa shape index (κ3) is 7.12. The monoisotopic (exact) mass is 598 g/mol. The van der Waals surface area contributed by atoms with Gasteiger partial charge in [0.15, 0.2) is 21.9 Å². The highest BCUT2D eigenvalue weighted by molar-refractivity contribution is 8.26. The summed E-state index contributed by atoms with van der Waals surface area (Å²) in [7, 11) is 1.42. The van der Waals surface area contributed by atoms with Crippen molar-refractivity contribution >= 4 is 63.8 Å². The molecule has 3 aromatic carbocycles. The number of rotatable bonds is 10. The lowest BCUT2D eigenvalue weighted by Gasteiger charge is -2.16. The van der Waals surface area contributed by atoms with Crippen molar-refractivity contribution in [3.63, 3.8) is 0 Å². The number of aliphatic carboxylic acids is 1. The van der Waals surface area contributed by atoms with Crippen LogP contribution in [0, 0.1) is 0 Å². The van der Waals surface area contributed by atoms with Gasteiger partial charge in [-0.1, -0.05) is 41.6 Å². The summed E-state index contributed by atoms with van der Waals surface area (Å²) in [4.78, 5) is 37.2. The van der Waals surface area contributed by atoms with Crippen LogP contribution in [0.1, 0.15) is 28.4 Å². The molecule has 0 aromatic heterocycles. The van der Waals surface area contributed by atoms with E-state index in [-0.39, 0.29) is 15.0 Å². The molecule has 0 bridgehead atoms. The van der Waals surface area contributed by atoms with Crippen molar-refractivity contribution in [2.45, 2.75) is 19.6 Å². The number of ether oxygens (including phenoxy) is 3. The van der Waals surface area contributed by atoms with Crippen LogP contribution in [0.15, 0.2) is 71.6 Å². The summed E-state index contributed by atoms with van der Waals surface area (Å²) in [5.74, 6) is -1.01. The van der Waals surface area contributed by atoms with Crippen LogP contribution in [0.5, 0.6) is 17.2 Å². The maximum absolute atomic E-state index is 13.0. The number of benzene rings is 3. The van der Waals surface area contributed by atoms with Crippen molar-refractivity contribution in [2.24, 2.45) is 0 Å². The molecule has 2 N–H and O–H groups in total. The Hall–Kier alpha value is -4.06. The number of carboxylic acids is 1. The molecule has 1 aliphatic rings. The molecule has 12 heteroatoms. The first kappa shape index (κ1) is 28.9. The largest absolute Gasteiger partial charge is 0.493 e. The fourth-order valence-corrected chi connectivity index (χ4v) is 4.75. The van der Waals surface area contributed by atoms with Crippen molar-refractivity contribution in [3.8, 4) is 17.2 Å². The van der Waals surface area contributed by atoms with Gasteiger partial charge < -0.3 is 19.3 Å². The van der Waals surface area contributed by atoms with E-state index < -0.39 is 23.9 Å². The molecule has 0 radical (unpaired) electrons. The van der Waals surface area contributed by atoms with Crippen LogP contribution in [0.3, 0.4) is 0 Å². The fraction of sp³-hybridized carbons (Fsp3) is 0.143. The molecule has 1 heterocycles. The third-order valence-electron chi connectivity index (χ3n) is 5.58. The molecule has 9 nitrogen and oxygen atoms in total. The van der Waals surface area contributed by atoms with Crippen molar-refractivity contribution < 1.29 is 33.7 Å². The number of methoxy groups -OCH3 is 1. The van der Waals surface area contributed by atoms with Gasteiger partial charge in [-0.3, -0.25) is 15.0 Å². The zero-order valence-corrected chi connectivity index (χ0v) is 23.6. The number of amides is 2. The van der Waals surface area contributed by atoms with Gasteiger partial charge in [0, 0.05) is 10.6 Å². The van der Waals surface area contributed by atoms with E-state index in [9.17, 15) is 14.4 Å². The van der Waals surface area contributed by atoms with Crippen LogP contribution in [0.4, 0.5) is 0 Å². The van der Waals surface area contributed by atoms with Crippen LogP contribution in [-0.2, 0) is 16.2 Å². The number of carbonyl (C=O) groups is 3. The Morgan fingerprint density at radius 3 is 2.45 bits per heavy atom. The van der Waals surface area contributed by atoms with E-state index in [2.05, 4.69) is 5.43 Å². The first-order valence-corrected chi connectivity index (χ1v) is 13.4. The highest BCUT2D eigenvalue weighted by atomic mass is 35.5. The minimum absolute atomic E-state index is 0.162. The minimum Gasteiger partial charge on any atom is -0.493 e. The van der Waals surface area contributed by atoms with Gasteiger partial charge in [0.25, 0.3) is 11.8 Å². The molecule has 1 saturated heterocycles. The van der Waals surface area contributed by atoms with Gasteiger partial charge in [0.2, 0.25) is 0 Å². The predicted octanol–water partition coefficient (Wildman–Crippen LogP) is 5.33. The summed E-state index contributed by atoms with van der Waals surface area (Å²) in [6.45, 7) is 1.75. The molecule has 0 saturated carbocycles. The minimum atomic E-state index is -1.12. The maximum Gasteiger partial charge on any atom is 0.344 e. The smallest absolute Gasteiger partial charge is 0.344 e. The maximum atomic E-state index is 13.0. The number of carboxylic acid groups (broad SMARTS) is 1. The number of thioether (sulfide) groups is 1. The van der Waals surface area contributed by atoms with Gasteiger partial charge in [-0.05, 0) is 84.9 Å². The molecule has 206 valence electrons. The number of hydrogen-bond donors (Lipinski definition) is 2. The summed E-state index contributed by atoms with van der Waals surface area (Å²) < 4.78 is 16.6. The van der Waals surface area contributed by atoms with E-state index in [4.69, 9.17) is 43.1 Å². The highest BCUT2D eigenvalue weighted by Gasteiger charge is 2.34. The molecule has 2 amide bonds. The van der Waals surface area contributed by atoms with Crippen molar-refractivity contribution in [1.82, 2.24) is 10.4 Å². The second-order valence-electron chi connectivity index (χ2n) is 8.41. The lowest BCUT2D eigenvalue weighted by atomic mass is 10.2. The molecule has 40 heavy (non-hydrogen) atoms. The van der Waals surface area contributed by atoms with E-state index in [1.165, 1.54) is 14.0 Å². The lowest BCUT2D eigenvalue weighted by Crippen LogP contribution is -2.44. The fourth-order valence-electron chi connectivity index (χ4n) is 3.44. The van der Waals surface area contributed by atoms with Crippen LogP contribution in [0.2, 0.25) is 5.02 Å². The summed E-state index contributed by atoms with van der Waals surface area (Å²) in [6, 6.07) is 18.6. The number of hydrazine groups is 1. The Balaban J connectivity index is 1.39. The third-order valence-corrected chi connectivity index (χ3v) is 7.13. The molecule has 1 fully saturated rings. The predicted molar refractivity (Wildman–Crippen MR) is 155 cm³/mol. The summed E-state index contributed by atoms with van der Waals surface area (Å²) in [5, 5.41) is 10.7. The average molecular weight is 599 g/mol. The van der Waals surface area contributed by atoms with Crippen LogP contribution in [-0.4, -0.2) is 45.4 Å². The molecular formula is C28H23ClN2O7S2. The topological polar surface area (TPSA) is 114 Å². The van der Waals surface area contributed by atoms with Crippen LogP contribution >= 0.6 is 35.6 Å². The molecule has 0 aliphatic carbocycles.